The van der Waals surface area contributed by atoms with Crippen LogP contribution in [0.25, 0.3) is 0 Å². The Morgan fingerprint density at radius 2 is 1.86 bits per heavy atom. The smallest absolute Gasteiger partial charge is 0.305 e. The zero-order valence-electron chi connectivity index (χ0n) is 12.5. The lowest BCUT2D eigenvalue weighted by Crippen LogP contribution is -2.04. The monoisotopic (exact) mass is 312 g/mol. The zero-order valence-corrected chi connectivity index (χ0v) is 13.2. The van der Waals surface area contributed by atoms with E-state index in [1.807, 2.05) is 0 Å². The summed E-state index contributed by atoms with van der Waals surface area (Å²) < 4.78 is 10.0. The fourth-order valence-corrected chi connectivity index (χ4v) is 2.17. The van der Waals surface area contributed by atoms with Gasteiger partial charge >= 0.3 is 5.97 Å². The van der Waals surface area contributed by atoms with Gasteiger partial charge in [-0.15, -0.1) is 0 Å². The van der Waals surface area contributed by atoms with Crippen LogP contribution in [0.3, 0.4) is 0 Å². The molecule has 0 heterocycles. The van der Waals surface area contributed by atoms with E-state index in [9.17, 15) is 9.59 Å². The number of rotatable bonds is 9. The number of hydrogen-bond donors (Lipinski definition) is 0. The lowest BCUT2D eigenvalue weighted by molar-refractivity contribution is -0.143. The van der Waals surface area contributed by atoms with E-state index in [2.05, 4.69) is 0 Å². The highest BCUT2D eigenvalue weighted by molar-refractivity contribution is 6.31. The first-order chi connectivity index (χ1) is 10.1. The predicted octanol–water partition coefficient (Wildman–Crippen LogP) is 4.04. The van der Waals surface area contributed by atoms with Gasteiger partial charge in [-0.25, -0.2) is 0 Å². The standard InChI is InChI=1S/C16H21ClO4/c1-3-21-16(19)8-6-4-5-7-14(18)13-11-12(17)9-10-15(13)20-2/h9-11H,3-8H2,1-2H3. The van der Waals surface area contributed by atoms with Gasteiger partial charge in [0.1, 0.15) is 5.75 Å². The number of ether oxygens (including phenoxy) is 2. The molecular formula is C16H21ClO4. The van der Waals surface area contributed by atoms with Crippen molar-refractivity contribution >= 4 is 23.4 Å². The van der Waals surface area contributed by atoms with Crippen molar-refractivity contribution in [3.05, 3.63) is 28.8 Å². The first-order valence-corrected chi connectivity index (χ1v) is 7.48. The van der Waals surface area contributed by atoms with Crippen LogP contribution in [-0.2, 0) is 9.53 Å². The number of benzene rings is 1. The SMILES string of the molecule is CCOC(=O)CCCCCC(=O)c1cc(Cl)ccc1OC. The van der Waals surface area contributed by atoms with Crippen molar-refractivity contribution in [1.29, 1.82) is 0 Å². The van der Waals surface area contributed by atoms with Gasteiger partial charge in [0.15, 0.2) is 5.78 Å². The molecule has 1 aromatic carbocycles. The lowest BCUT2D eigenvalue weighted by atomic mass is 10.0. The minimum atomic E-state index is -0.180. The molecule has 0 atom stereocenters. The molecule has 0 aliphatic carbocycles. The summed E-state index contributed by atoms with van der Waals surface area (Å²) >= 11 is 5.91. The summed E-state index contributed by atoms with van der Waals surface area (Å²) in [5.74, 6) is 0.363. The van der Waals surface area contributed by atoms with E-state index in [1.54, 1.807) is 25.1 Å². The van der Waals surface area contributed by atoms with E-state index in [0.29, 0.717) is 35.8 Å². The van der Waals surface area contributed by atoms with Crippen molar-refractivity contribution in [2.75, 3.05) is 13.7 Å². The fraction of sp³-hybridized carbons (Fsp3) is 0.500. The molecule has 0 aliphatic rings. The molecule has 4 nitrogen and oxygen atoms in total. The van der Waals surface area contributed by atoms with Crippen LogP contribution in [0.2, 0.25) is 5.02 Å². The predicted molar refractivity (Wildman–Crippen MR) is 82.1 cm³/mol. The maximum Gasteiger partial charge on any atom is 0.305 e. The summed E-state index contributed by atoms with van der Waals surface area (Å²) in [6.45, 7) is 2.20. The van der Waals surface area contributed by atoms with Crippen molar-refractivity contribution in [3.63, 3.8) is 0 Å². The summed E-state index contributed by atoms with van der Waals surface area (Å²) in [6, 6.07) is 5.01. The van der Waals surface area contributed by atoms with Crippen LogP contribution in [0.4, 0.5) is 0 Å². The average molecular weight is 313 g/mol. The number of methoxy groups -OCH3 is 1. The quantitative estimate of drug-likeness (QED) is 0.392. The second-order valence-corrected chi connectivity index (χ2v) is 5.07. The third kappa shape index (κ3) is 6.17. The minimum absolute atomic E-state index is 0.00508. The Morgan fingerprint density at radius 1 is 1.14 bits per heavy atom. The van der Waals surface area contributed by atoms with Crippen molar-refractivity contribution in [2.24, 2.45) is 0 Å². The fourth-order valence-electron chi connectivity index (χ4n) is 2.00. The van der Waals surface area contributed by atoms with Crippen LogP contribution in [0.1, 0.15) is 49.4 Å². The molecule has 1 rings (SSSR count). The molecule has 0 spiro atoms. The Kier molecular flexibility index (Phi) is 7.83. The van der Waals surface area contributed by atoms with Gasteiger partial charge in [0.05, 0.1) is 19.3 Å². The topological polar surface area (TPSA) is 52.6 Å². The van der Waals surface area contributed by atoms with Crippen LogP contribution >= 0.6 is 11.6 Å². The summed E-state index contributed by atoms with van der Waals surface area (Å²) in [6.07, 6.45) is 3.10. The second kappa shape index (κ2) is 9.40. The first-order valence-electron chi connectivity index (χ1n) is 7.10. The number of ketones is 1. The molecular weight excluding hydrogens is 292 g/mol. The third-order valence-corrected chi connectivity index (χ3v) is 3.29. The first kappa shape index (κ1) is 17.5. The molecule has 0 N–H and O–H groups in total. The van der Waals surface area contributed by atoms with Gasteiger partial charge in [-0.3, -0.25) is 9.59 Å². The maximum atomic E-state index is 12.1. The minimum Gasteiger partial charge on any atom is -0.496 e. The molecule has 0 fully saturated rings. The van der Waals surface area contributed by atoms with Crippen LogP contribution in [0.15, 0.2) is 18.2 Å². The molecule has 1 aromatic rings. The normalized spacial score (nSPS) is 10.2. The van der Waals surface area contributed by atoms with Crippen molar-refractivity contribution in [1.82, 2.24) is 0 Å². The highest BCUT2D eigenvalue weighted by Gasteiger charge is 2.12. The number of hydrogen-bond acceptors (Lipinski definition) is 4. The number of carbonyl (C=O) groups is 2. The largest absolute Gasteiger partial charge is 0.496 e. The summed E-state index contributed by atoms with van der Waals surface area (Å²) in [4.78, 5) is 23.3. The van der Waals surface area contributed by atoms with Crippen molar-refractivity contribution < 1.29 is 19.1 Å². The van der Waals surface area contributed by atoms with Gasteiger partial charge in [0.25, 0.3) is 0 Å². The van der Waals surface area contributed by atoms with Crippen molar-refractivity contribution in [3.8, 4) is 5.75 Å². The molecule has 0 saturated carbocycles. The molecule has 21 heavy (non-hydrogen) atoms. The van der Waals surface area contributed by atoms with Gasteiger partial charge in [-0.1, -0.05) is 18.0 Å². The summed E-state index contributed by atoms with van der Waals surface area (Å²) in [5.41, 5.74) is 0.510. The third-order valence-electron chi connectivity index (χ3n) is 3.05. The summed E-state index contributed by atoms with van der Waals surface area (Å²) in [7, 11) is 1.53. The van der Waals surface area contributed by atoms with Crippen LogP contribution < -0.4 is 4.74 Å². The molecule has 0 radical (unpaired) electrons. The van der Waals surface area contributed by atoms with E-state index < -0.39 is 0 Å². The summed E-state index contributed by atoms with van der Waals surface area (Å²) in [5, 5.41) is 0.515. The molecule has 0 aliphatic heterocycles. The Labute approximate surface area is 130 Å². The van der Waals surface area contributed by atoms with Crippen molar-refractivity contribution in [2.45, 2.75) is 39.0 Å². The van der Waals surface area contributed by atoms with Crippen LogP contribution in [-0.4, -0.2) is 25.5 Å². The van der Waals surface area contributed by atoms with E-state index >= 15 is 0 Å². The lowest BCUT2D eigenvalue weighted by Gasteiger charge is -2.08. The highest BCUT2D eigenvalue weighted by atomic mass is 35.5. The van der Waals surface area contributed by atoms with Crippen LogP contribution in [0.5, 0.6) is 5.75 Å². The maximum absolute atomic E-state index is 12.1. The molecule has 116 valence electrons. The Morgan fingerprint density at radius 3 is 2.52 bits per heavy atom. The Balaban J connectivity index is 2.37. The second-order valence-electron chi connectivity index (χ2n) is 4.63. The molecule has 0 unspecified atom stereocenters. The van der Waals surface area contributed by atoms with Gasteiger partial charge in [0.2, 0.25) is 0 Å². The number of esters is 1. The molecule has 0 saturated heterocycles. The zero-order chi connectivity index (χ0) is 15.7. The number of Topliss-reactive ketones (excluding diaryl/α,β-unsaturated/α-hetero) is 1. The highest BCUT2D eigenvalue weighted by Crippen LogP contribution is 2.24. The molecule has 5 heteroatoms. The average Bonchev–Trinajstić information content (AvgIpc) is 2.47. The van der Waals surface area contributed by atoms with Gasteiger partial charge in [-0.2, -0.15) is 0 Å². The molecule has 0 aromatic heterocycles. The van der Waals surface area contributed by atoms with Gasteiger partial charge in [-0.05, 0) is 38.0 Å². The number of halogens is 1. The van der Waals surface area contributed by atoms with E-state index in [1.165, 1.54) is 7.11 Å². The molecule has 0 amide bonds. The molecule has 0 bridgehead atoms. The van der Waals surface area contributed by atoms with E-state index in [0.717, 1.165) is 19.3 Å². The van der Waals surface area contributed by atoms with Crippen LogP contribution in [0, 0.1) is 0 Å². The van der Waals surface area contributed by atoms with Gasteiger partial charge in [0, 0.05) is 17.9 Å². The Hall–Kier alpha value is -1.55. The van der Waals surface area contributed by atoms with Gasteiger partial charge < -0.3 is 9.47 Å². The number of carbonyl (C=O) groups excluding carboxylic acids is 2. The van der Waals surface area contributed by atoms with E-state index in [4.69, 9.17) is 21.1 Å². The number of unbranched alkanes of at least 4 members (excludes halogenated alkanes) is 2. The van der Waals surface area contributed by atoms with E-state index in [-0.39, 0.29) is 11.8 Å². The Bertz CT molecular complexity index is 485.